The number of aliphatic hydroxyl groups excluding tert-OH is 1. The molecule has 0 fully saturated rings. The summed E-state index contributed by atoms with van der Waals surface area (Å²) < 4.78 is 5.79. The molecule has 0 radical (unpaired) electrons. The van der Waals surface area contributed by atoms with Gasteiger partial charge in [-0.1, -0.05) is 24.3 Å². The second kappa shape index (κ2) is 10.8. The molecular formula is C24H32N2O3S. The summed E-state index contributed by atoms with van der Waals surface area (Å²) in [7, 11) is 1.72. The number of carbonyl (C=O) groups is 1. The van der Waals surface area contributed by atoms with Gasteiger partial charge in [-0.3, -0.25) is 4.79 Å². The predicted molar refractivity (Wildman–Crippen MR) is 122 cm³/mol. The van der Waals surface area contributed by atoms with Crippen molar-refractivity contribution in [3.05, 3.63) is 59.7 Å². The number of carbonyl (C=O) groups excluding carboxylic acids is 1. The fourth-order valence-electron chi connectivity index (χ4n) is 3.88. The number of benzene rings is 2. The van der Waals surface area contributed by atoms with Crippen molar-refractivity contribution in [1.82, 2.24) is 9.80 Å². The van der Waals surface area contributed by atoms with Crippen LogP contribution >= 0.6 is 11.8 Å². The molecule has 0 saturated carbocycles. The molecule has 1 amide bonds. The van der Waals surface area contributed by atoms with Crippen LogP contribution in [0.5, 0.6) is 5.75 Å². The van der Waals surface area contributed by atoms with Crippen molar-refractivity contribution in [2.24, 2.45) is 0 Å². The minimum absolute atomic E-state index is 0.133. The molecule has 5 nitrogen and oxygen atoms in total. The molecule has 0 aromatic heterocycles. The van der Waals surface area contributed by atoms with E-state index in [-0.39, 0.29) is 5.91 Å². The number of ether oxygens (including phenoxy) is 1. The van der Waals surface area contributed by atoms with E-state index in [1.165, 1.54) is 11.1 Å². The van der Waals surface area contributed by atoms with E-state index in [2.05, 4.69) is 29.2 Å². The summed E-state index contributed by atoms with van der Waals surface area (Å²) in [5.41, 5.74) is 2.80. The van der Waals surface area contributed by atoms with E-state index in [0.717, 1.165) is 30.8 Å². The molecule has 2 atom stereocenters. The zero-order valence-corrected chi connectivity index (χ0v) is 18.9. The number of hydrogen-bond donors (Lipinski definition) is 1. The van der Waals surface area contributed by atoms with E-state index in [0.29, 0.717) is 18.8 Å². The lowest BCUT2D eigenvalue weighted by molar-refractivity contribution is -0.138. The normalized spacial score (nSPS) is 16.3. The van der Waals surface area contributed by atoms with Crippen LogP contribution in [0.3, 0.4) is 0 Å². The smallest absolute Gasteiger partial charge is 0.263 e. The van der Waals surface area contributed by atoms with Crippen LogP contribution in [-0.2, 0) is 17.6 Å². The zero-order valence-electron chi connectivity index (χ0n) is 18.1. The largest absolute Gasteiger partial charge is 0.481 e. The molecular weight excluding hydrogens is 396 g/mol. The van der Waals surface area contributed by atoms with Crippen LogP contribution in [-0.4, -0.2) is 72.5 Å². The molecule has 1 aliphatic rings. The number of rotatable bonds is 8. The van der Waals surface area contributed by atoms with E-state index in [4.69, 9.17) is 4.74 Å². The second-order valence-corrected chi connectivity index (χ2v) is 8.76. The van der Waals surface area contributed by atoms with Gasteiger partial charge in [0.15, 0.2) is 6.10 Å². The van der Waals surface area contributed by atoms with E-state index in [1.807, 2.05) is 30.5 Å². The van der Waals surface area contributed by atoms with Gasteiger partial charge in [-0.15, -0.1) is 11.8 Å². The Morgan fingerprint density at radius 1 is 1.13 bits per heavy atom. The fraction of sp³-hybridized carbons (Fsp3) is 0.458. The summed E-state index contributed by atoms with van der Waals surface area (Å²) in [6.07, 6.45) is 2.82. The Kier molecular flexibility index (Phi) is 8.19. The minimum Gasteiger partial charge on any atom is -0.481 e. The van der Waals surface area contributed by atoms with Crippen LogP contribution in [0.1, 0.15) is 18.1 Å². The van der Waals surface area contributed by atoms with Gasteiger partial charge in [0.25, 0.3) is 5.91 Å². The molecule has 1 heterocycles. The molecule has 3 rings (SSSR count). The first-order valence-corrected chi connectivity index (χ1v) is 11.7. The third-order valence-corrected chi connectivity index (χ3v) is 6.31. The maximum Gasteiger partial charge on any atom is 0.263 e. The summed E-state index contributed by atoms with van der Waals surface area (Å²) in [6, 6.07) is 16.3. The van der Waals surface area contributed by atoms with E-state index < -0.39 is 12.2 Å². The Morgan fingerprint density at radius 3 is 2.30 bits per heavy atom. The van der Waals surface area contributed by atoms with Crippen LogP contribution in [0.15, 0.2) is 53.4 Å². The molecule has 1 aliphatic heterocycles. The van der Waals surface area contributed by atoms with Crippen LogP contribution < -0.4 is 4.74 Å². The van der Waals surface area contributed by atoms with Crippen molar-refractivity contribution < 1.29 is 14.6 Å². The predicted octanol–water partition coefficient (Wildman–Crippen LogP) is 3.10. The SMILES string of the molecule is CSc1ccc(O[C@@H](C)C(=O)N(C)C[C@H](O)CN2CCc3ccccc3CC2)cc1. The summed E-state index contributed by atoms with van der Waals surface area (Å²) >= 11 is 1.66. The Balaban J connectivity index is 1.46. The lowest BCUT2D eigenvalue weighted by Gasteiger charge is -2.28. The standard InChI is InChI=1S/C24H32N2O3S/c1-18(29-22-8-10-23(30-3)11-9-22)24(28)25(2)16-21(27)17-26-14-12-19-6-4-5-7-20(19)13-15-26/h4-11,18,21,27H,12-17H2,1-3H3/t18-,21-/m0/s1. The first-order chi connectivity index (χ1) is 14.5. The first kappa shape index (κ1) is 22.7. The quantitative estimate of drug-likeness (QED) is 0.655. The van der Waals surface area contributed by atoms with Gasteiger partial charge < -0.3 is 19.6 Å². The Bertz CT molecular complexity index is 800. The Morgan fingerprint density at radius 2 is 1.73 bits per heavy atom. The topological polar surface area (TPSA) is 53.0 Å². The molecule has 30 heavy (non-hydrogen) atoms. The number of β-amino-alcohol motifs (C(OH)–C–C–N with tert-alkyl or cyclic N) is 1. The average Bonchev–Trinajstić information content (AvgIpc) is 2.96. The first-order valence-electron chi connectivity index (χ1n) is 10.5. The number of thioether (sulfide) groups is 1. The molecule has 0 saturated heterocycles. The third-order valence-electron chi connectivity index (χ3n) is 5.56. The van der Waals surface area contributed by atoms with Crippen molar-refractivity contribution in [2.45, 2.75) is 36.9 Å². The maximum absolute atomic E-state index is 12.7. The Hall–Kier alpha value is -2.02. The molecule has 6 heteroatoms. The van der Waals surface area contributed by atoms with Gasteiger partial charge in [0.1, 0.15) is 5.75 Å². The number of nitrogens with zero attached hydrogens (tertiary/aromatic N) is 2. The van der Waals surface area contributed by atoms with Gasteiger partial charge >= 0.3 is 0 Å². The highest BCUT2D eigenvalue weighted by atomic mass is 32.2. The van der Waals surface area contributed by atoms with Crippen molar-refractivity contribution in [3.8, 4) is 5.75 Å². The van der Waals surface area contributed by atoms with Gasteiger partial charge in [-0.25, -0.2) is 0 Å². The highest BCUT2D eigenvalue weighted by molar-refractivity contribution is 7.98. The Labute approximate surface area is 184 Å². The zero-order chi connectivity index (χ0) is 21.5. The van der Waals surface area contributed by atoms with Crippen LogP contribution in [0.25, 0.3) is 0 Å². The second-order valence-electron chi connectivity index (χ2n) is 7.88. The summed E-state index contributed by atoms with van der Waals surface area (Å²) in [5, 5.41) is 10.6. The van der Waals surface area contributed by atoms with Crippen molar-refractivity contribution in [2.75, 3.05) is 39.5 Å². The average molecular weight is 429 g/mol. The highest BCUT2D eigenvalue weighted by Gasteiger charge is 2.23. The lowest BCUT2D eigenvalue weighted by atomic mass is 10.0. The monoisotopic (exact) mass is 428 g/mol. The third kappa shape index (κ3) is 6.24. The van der Waals surface area contributed by atoms with E-state index >= 15 is 0 Å². The molecule has 0 spiro atoms. The van der Waals surface area contributed by atoms with Gasteiger partial charge in [0, 0.05) is 38.1 Å². The van der Waals surface area contributed by atoms with Crippen LogP contribution in [0.4, 0.5) is 0 Å². The minimum atomic E-state index is -0.602. The molecule has 0 unspecified atom stereocenters. The maximum atomic E-state index is 12.7. The lowest BCUT2D eigenvalue weighted by Crippen LogP contribution is -2.45. The number of fused-ring (bicyclic) bond motifs is 1. The van der Waals surface area contributed by atoms with Crippen molar-refractivity contribution in [3.63, 3.8) is 0 Å². The molecule has 162 valence electrons. The number of aliphatic hydroxyl groups is 1. The van der Waals surface area contributed by atoms with Gasteiger partial charge in [-0.2, -0.15) is 0 Å². The van der Waals surface area contributed by atoms with Crippen molar-refractivity contribution in [1.29, 1.82) is 0 Å². The number of hydrogen-bond acceptors (Lipinski definition) is 5. The molecule has 0 aliphatic carbocycles. The number of likely N-dealkylation sites (N-methyl/N-ethyl adjacent to an activating group) is 1. The summed E-state index contributed by atoms with van der Waals surface area (Å²) in [6.45, 7) is 4.46. The van der Waals surface area contributed by atoms with Crippen molar-refractivity contribution >= 4 is 17.7 Å². The van der Waals surface area contributed by atoms with Gasteiger partial charge in [0.05, 0.1) is 6.10 Å². The molecule has 2 aromatic carbocycles. The highest BCUT2D eigenvalue weighted by Crippen LogP contribution is 2.20. The molecule has 0 bridgehead atoms. The summed E-state index contributed by atoms with van der Waals surface area (Å²) in [5.74, 6) is 0.540. The van der Waals surface area contributed by atoms with Gasteiger partial charge in [-0.05, 0) is 61.4 Å². The van der Waals surface area contributed by atoms with E-state index in [1.54, 1.807) is 30.6 Å². The van der Waals surface area contributed by atoms with Gasteiger partial charge in [0.2, 0.25) is 0 Å². The fourth-order valence-corrected chi connectivity index (χ4v) is 4.29. The molecule has 2 aromatic rings. The number of amides is 1. The van der Waals surface area contributed by atoms with Crippen LogP contribution in [0, 0.1) is 0 Å². The van der Waals surface area contributed by atoms with E-state index in [9.17, 15) is 9.90 Å². The van der Waals surface area contributed by atoms with Crippen LogP contribution in [0.2, 0.25) is 0 Å². The summed E-state index contributed by atoms with van der Waals surface area (Å²) in [4.78, 5) is 17.7. The molecule has 1 N–H and O–H groups in total.